The lowest BCUT2D eigenvalue weighted by atomic mass is 9.85. The first-order valence-electron chi connectivity index (χ1n) is 33.1. The Balaban J connectivity index is -0.000000126. The van der Waals surface area contributed by atoms with Crippen LogP contribution in [0.5, 0.6) is 0 Å². The van der Waals surface area contributed by atoms with Gasteiger partial charge < -0.3 is 67.2 Å². The van der Waals surface area contributed by atoms with E-state index < -0.39 is 11.4 Å². The monoisotopic (exact) mass is 1370 g/mol. The van der Waals surface area contributed by atoms with Gasteiger partial charge in [-0.1, -0.05) is 34.6 Å². The number of Topliss-reactive ketones (excluding diaryl/α,β-unsaturated/α-hetero) is 12. The summed E-state index contributed by atoms with van der Waals surface area (Å²) in [6, 6.07) is 0. The van der Waals surface area contributed by atoms with E-state index >= 15 is 0 Å². The normalized spacial score (nSPS) is 10.7. The molecule has 27 heteroatoms. The highest BCUT2D eigenvalue weighted by atomic mass is 16.5. The molecule has 0 amide bonds. The number of rotatable bonds is 48. The van der Waals surface area contributed by atoms with Crippen LogP contribution in [-0.4, -0.2) is 248 Å². The van der Waals surface area contributed by atoms with E-state index in [2.05, 4.69) is 69.7 Å². The van der Waals surface area contributed by atoms with Crippen LogP contribution in [0.25, 0.3) is 0 Å². The number of esters is 1. The Morgan fingerprint density at radius 2 is 1.00 bits per heavy atom. The van der Waals surface area contributed by atoms with Gasteiger partial charge in [-0.05, 0) is 183 Å². The molecular weight excluding hydrogens is 1230 g/mol. The third-order valence-corrected chi connectivity index (χ3v) is 12.2. The minimum absolute atomic E-state index is 0.000182. The second-order valence-corrected chi connectivity index (χ2v) is 23.5. The first-order valence-corrected chi connectivity index (χ1v) is 33.1. The van der Waals surface area contributed by atoms with Crippen molar-refractivity contribution in [1.82, 2.24) is 58.1 Å². The van der Waals surface area contributed by atoms with Crippen molar-refractivity contribution < 1.29 is 76.9 Å². The number of nitrogens with zero attached hydrogens (tertiary/aromatic N) is 1. The molecule has 95 heavy (non-hydrogen) atoms. The lowest BCUT2D eigenvalue weighted by Gasteiger charge is -2.21. The molecule has 2 atom stereocenters. The fourth-order valence-electron chi connectivity index (χ4n) is 6.84. The summed E-state index contributed by atoms with van der Waals surface area (Å²) in [6.07, 6.45) is 7.47. The highest BCUT2D eigenvalue weighted by Crippen LogP contribution is 2.17. The Kier molecular flexibility index (Phi) is 93.1. The Bertz CT molecular complexity index is 1890. The summed E-state index contributed by atoms with van der Waals surface area (Å²) in [5.74, 6) is 0.118. The smallest absolute Gasteiger partial charge is 0.314 e. The van der Waals surface area contributed by atoms with Crippen LogP contribution in [0.2, 0.25) is 0 Å². The Hall–Kier alpha value is -5.01. The third kappa shape index (κ3) is 105. The number of hydrogen-bond acceptors (Lipinski definition) is 27. The average molecular weight is 1370 g/mol. The Labute approximate surface area is 574 Å². The fourth-order valence-corrected chi connectivity index (χ4v) is 6.84. The molecule has 27 nitrogen and oxygen atoms in total. The fraction of sp³-hybridized carbons (Fsp3) is 0.809. The molecule has 0 rings (SSSR count). The number of unbranched alkanes of at least 4 members (excludes halogenated alkanes) is 1. The van der Waals surface area contributed by atoms with Crippen molar-refractivity contribution in [2.75, 3.05) is 162 Å². The molecule has 0 heterocycles. The van der Waals surface area contributed by atoms with Crippen molar-refractivity contribution in [1.29, 1.82) is 0 Å². The van der Waals surface area contributed by atoms with Crippen LogP contribution < -0.4 is 53.2 Å². The lowest BCUT2D eigenvalue weighted by Crippen LogP contribution is -2.35. The van der Waals surface area contributed by atoms with Gasteiger partial charge in [0.1, 0.15) is 83.4 Å². The van der Waals surface area contributed by atoms with Gasteiger partial charge >= 0.3 is 5.97 Å². The number of aliphatic hydroxyl groups is 1. The quantitative estimate of drug-likeness (QED) is 0.0180. The van der Waals surface area contributed by atoms with E-state index in [1.54, 1.807) is 49.0 Å². The largest absolute Gasteiger partial charge is 0.449 e. The van der Waals surface area contributed by atoms with Crippen LogP contribution in [0.4, 0.5) is 0 Å². The number of carbonyl (C=O) groups is 13. The predicted molar refractivity (Wildman–Crippen MR) is 381 cm³/mol. The number of ketones is 12. The number of carbonyl (C=O) groups excluding carboxylic acids is 13. The molecule has 0 aromatic carbocycles. The predicted octanol–water partition coefficient (Wildman–Crippen LogP) is 3.18. The molecule has 0 aromatic rings. The molecule has 0 aliphatic rings. The van der Waals surface area contributed by atoms with E-state index in [1.165, 1.54) is 41.5 Å². The van der Waals surface area contributed by atoms with Gasteiger partial charge in [0.2, 0.25) is 0 Å². The second kappa shape index (κ2) is 81.4. The van der Waals surface area contributed by atoms with Crippen molar-refractivity contribution in [3.8, 4) is 0 Å². The van der Waals surface area contributed by atoms with E-state index in [1.807, 2.05) is 62.9 Å². The summed E-state index contributed by atoms with van der Waals surface area (Å²) in [5, 5.41) is 38.0. The standard InChI is InChI=1S/C11H21NO2.C9H17NO2.C8H18N2O.C8H17NO2.C7H13NO2.C7H15NO.C6H14N2O.C6H11NO3.C6H13NO2/c1-8(2)7-10(9(3)13)11(14)5-6-12-4;1-7(11)5-8(12)9(2,3)6-10-4;1-4-10(7-9-3)6-5-8(2)11;1-7(11)8(6-10)4-3-5-9-2;1-6(9)5-7(10)3-4-8-2;1-7(9)5-3-4-6-8-2;1-6(9)3-4-8-5-7-2;1-5(8)3-6(9)10-4-7-2;1-6(8)5-9-4-3-7-2/h8,10,12H,5-7H2,1-4H3;10H,5-6H2,1-4H3;9H,4-7H2,1-3H3;8-10H,3-6H2,1-2H3;8H,3-5H2,1-2H3;8H,3-6H2,1-2H3;7-8H,3-5H2,1-2H3;7H,3-4H2,1-2H3;7H,3-5H2,1-2H3/t10-;;;8-;;;;;/m1..1...../s1. The summed E-state index contributed by atoms with van der Waals surface area (Å²) in [5.41, 5.74) is -0.430. The lowest BCUT2D eigenvalue weighted by molar-refractivity contribution is -0.146. The van der Waals surface area contributed by atoms with Crippen molar-refractivity contribution in [2.45, 2.75) is 180 Å². The summed E-state index contributed by atoms with van der Waals surface area (Å²) < 4.78 is 9.45. The molecule has 0 unspecified atom stereocenters. The van der Waals surface area contributed by atoms with Crippen LogP contribution in [0.15, 0.2) is 0 Å². The zero-order chi connectivity index (χ0) is 75.6. The van der Waals surface area contributed by atoms with Gasteiger partial charge in [-0.2, -0.15) is 0 Å². The number of nitrogens with one attached hydrogen (secondary N) is 10. The van der Waals surface area contributed by atoms with Gasteiger partial charge in [0.05, 0.1) is 32.0 Å². The van der Waals surface area contributed by atoms with Gasteiger partial charge in [-0.15, -0.1) is 0 Å². The first kappa shape index (κ1) is 109. The van der Waals surface area contributed by atoms with Crippen molar-refractivity contribution >= 4 is 75.4 Å². The maximum Gasteiger partial charge on any atom is 0.314 e. The van der Waals surface area contributed by atoms with E-state index in [-0.39, 0.29) is 115 Å². The van der Waals surface area contributed by atoms with E-state index in [4.69, 9.17) is 9.84 Å². The van der Waals surface area contributed by atoms with E-state index in [9.17, 15) is 62.3 Å². The van der Waals surface area contributed by atoms with E-state index in [0.29, 0.717) is 70.0 Å². The van der Waals surface area contributed by atoms with Crippen LogP contribution in [-0.2, 0) is 71.8 Å². The topological polar surface area (TPSA) is 384 Å². The summed E-state index contributed by atoms with van der Waals surface area (Å²) in [7, 11) is 16.5. The van der Waals surface area contributed by atoms with Crippen LogP contribution in [0.3, 0.4) is 0 Å². The molecule has 0 bridgehead atoms. The van der Waals surface area contributed by atoms with E-state index in [0.717, 1.165) is 84.7 Å². The minimum Gasteiger partial charge on any atom is -0.449 e. The molecule has 0 aliphatic heterocycles. The average Bonchev–Trinajstić information content (AvgIpc) is 1.00. The van der Waals surface area contributed by atoms with Crippen LogP contribution >= 0.6 is 0 Å². The Morgan fingerprint density at radius 1 is 0.495 bits per heavy atom. The summed E-state index contributed by atoms with van der Waals surface area (Å²) >= 11 is 0. The molecular formula is C68H139N11O16. The zero-order valence-corrected chi connectivity index (χ0v) is 63.5. The maximum atomic E-state index is 11.6. The molecule has 562 valence electrons. The highest BCUT2D eigenvalue weighted by Gasteiger charge is 2.27. The molecule has 11 N–H and O–H groups in total. The molecule has 0 fully saturated rings. The van der Waals surface area contributed by atoms with Crippen molar-refractivity contribution in [3.63, 3.8) is 0 Å². The molecule has 0 radical (unpaired) electrons. The van der Waals surface area contributed by atoms with Gasteiger partial charge in [-0.25, -0.2) is 0 Å². The zero-order valence-electron chi connectivity index (χ0n) is 63.5. The Morgan fingerprint density at radius 3 is 1.39 bits per heavy atom. The number of hydrogen-bond donors (Lipinski definition) is 11. The highest BCUT2D eigenvalue weighted by molar-refractivity contribution is 6.02. The minimum atomic E-state index is -0.484. The summed E-state index contributed by atoms with van der Waals surface area (Å²) in [4.78, 5) is 141. The number of likely N-dealkylation sites (N-methyl/N-ethyl adjacent to an activating group) is 1. The molecule has 0 saturated carbocycles. The van der Waals surface area contributed by atoms with Gasteiger partial charge in [0.25, 0.3) is 0 Å². The maximum absolute atomic E-state index is 11.6. The third-order valence-electron chi connectivity index (χ3n) is 12.2. The molecule has 0 saturated heterocycles. The SMILES string of the molecule is CCN(CCC(C)=O)CNC.CNCC(C)(C)C(=O)CC(C)=O.CNCCC(=O)CC(C)=O.CNCCC(=O)[C@H](CC(C)C)C(C)=O.CNCCCCC(C)=O.CNCCC[C@H](CO)C(C)=O.CNCCOCC(C)=O.CNCNCCC(C)=O.CNCOC(=O)CC(C)=O. The molecule has 0 spiro atoms. The van der Waals surface area contributed by atoms with Crippen molar-refractivity contribution in [2.24, 2.45) is 23.2 Å². The number of aliphatic hydroxyl groups excluding tert-OH is 1. The van der Waals surface area contributed by atoms with Crippen LogP contribution in [0.1, 0.15) is 180 Å². The van der Waals surface area contributed by atoms with Gasteiger partial charge in [0.15, 0.2) is 5.78 Å². The van der Waals surface area contributed by atoms with Crippen LogP contribution in [0, 0.1) is 23.2 Å². The van der Waals surface area contributed by atoms with Gasteiger partial charge in [0, 0.05) is 96.0 Å². The second-order valence-electron chi connectivity index (χ2n) is 23.5. The first-order chi connectivity index (χ1) is 44.4. The summed E-state index contributed by atoms with van der Waals surface area (Å²) in [6.45, 7) is 33.4. The number of ether oxygens (including phenoxy) is 2. The molecule has 0 aliphatic carbocycles. The van der Waals surface area contributed by atoms with Gasteiger partial charge in [-0.3, -0.25) is 67.8 Å². The van der Waals surface area contributed by atoms with Crippen molar-refractivity contribution in [3.05, 3.63) is 0 Å². The molecule has 0 aromatic heterocycles.